The highest BCUT2D eigenvalue weighted by Gasteiger charge is 2.05. The van der Waals surface area contributed by atoms with E-state index >= 15 is 0 Å². The molecule has 0 amide bonds. The predicted molar refractivity (Wildman–Crippen MR) is 82.0 cm³/mol. The van der Waals surface area contributed by atoms with Crippen LogP contribution in [0.4, 0.5) is 10.1 Å². The number of hydrogen-bond acceptors (Lipinski definition) is 2. The van der Waals surface area contributed by atoms with Crippen LogP contribution in [-0.4, -0.2) is 9.55 Å². The molecule has 21 heavy (non-hydrogen) atoms. The molecular formula is C17H16FN3. The van der Waals surface area contributed by atoms with Gasteiger partial charge in [0.15, 0.2) is 0 Å². The molecule has 0 unspecified atom stereocenters. The van der Waals surface area contributed by atoms with Crippen LogP contribution >= 0.6 is 0 Å². The topological polar surface area (TPSA) is 29.9 Å². The van der Waals surface area contributed by atoms with Crippen LogP contribution in [-0.2, 0) is 6.54 Å². The molecule has 0 aliphatic carbocycles. The van der Waals surface area contributed by atoms with E-state index in [1.807, 2.05) is 48.0 Å². The molecule has 0 saturated heterocycles. The quantitative estimate of drug-likeness (QED) is 0.785. The smallest absolute Gasteiger partial charge is 0.123 e. The first kappa shape index (κ1) is 13.4. The summed E-state index contributed by atoms with van der Waals surface area (Å²) in [7, 11) is 0. The molecule has 0 fully saturated rings. The fraction of sp³-hybridized carbons (Fsp3) is 0.118. The van der Waals surface area contributed by atoms with Crippen LogP contribution < -0.4 is 5.32 Å². The lowest BCUT2D eigenvalue weighted by molar-refractivity contribution is 0.625. The predicted octanol–water partition coefficient (Wildman–Crippen LogP) is 3.93. The Bertz CT molecular complexity index is 736. The van der Waals surface area contributed by atoms with Gasteiger partial charge in [0.1, 0.15) is 5.82 Å². The average molecular weight is 281 g/mol. The summed E-state index contributed by atoms with van der Waals surface area (Å²) in [6.45, 7) is 2.57. The molecule has 0 atom stereocenters. The summed E-state index contributed by atoms with van der Waals surface area (Å²) in [4.78, 5) is 4.08. The summed E-state index contributed by atoms with van der Waals surface area (Å²) in [6, 6.07) is 12.9. The second-order valence-electron chi connectivity index (χ2n) is 4.91. The molecule has 0 aliphatic heterocycles. The summed E-state index contributed by atoms with van der Waals surface area (Å²) in [5.74, 6) is -0.199. The molecule has 0 spiro atoms. The molecule has 0 aliphatic rings. The van der Waals surface area contributed by atoms with Gasteiger partial charge in [0.2, 0.25) is 0 Å². The molecule has 1 heterocycles. The Hall–Kier alpha value is -2.62. The maximum atomic E-state index is 13.1. The van der Waals surface area contributed by atoms with Crippen LogP contribution in [0.15, 0.2) is 61.2 Å². The van der Waals surface area contributed by atoms with Crippen LogP contribution in [0.5, 0.6) is 0 Å². The minimum absolute atomic E-state index is 0.199. The van der Waals surface area contributed by atoms with Crippen LogP contribution in [0, 0.1) is 12.7 Å². The van der Waals surface area contributed by atoms with Gasteiger partial charge in [0, 0.05) is 18.9 Å². The molecule has 0 bridgehead atoms. The Morgan fingerprint density at radius 2 is 2.05 bits per heavy atom. The second-order valence-corrected chi connectivity index (χ2v) is 4.91. The number of hydrogen-bond donors (Lipinski definition) is 1. The zero-order valence-corrected chi connectivity index (χ0v) is 11.8. The van der Waals surface area contributed by atoms with Crippen molar-refractivity contribution >= 4 is 5.69 Å². The van der Waals surface area contributed by atoms with Gasteiger partial charge < -0.3 is 9.88 Å². The van der Waals surface area contributed by atoms with Crippen molar-refractivity contribution in [1.29, 1.82) is 0 Å². The van der Waals surface area contributed by atoms with Crippen molar-refractivity contribution in [3.8, 4) is 5.69 Å². The second kappa shape index (κ2) is 5.79. The number of aryl methyl sites for hydroxylation is 1. The number of anilines is 1. The van der Waals surface area contributed by atoms with E-state index in [1.54, 1.807) is 18.6 Å². The summed E-state index contributed by atoms with van der Waals surface area (Å²) in [5.41, 5.74) is 4.08. The van der Waals surface area contributed by atoms with Crippen molar-refractivity contribution in [1.82, 2.24) is 9.55 Å². The van der Waals surface area contributed by atoms with Gasteiger partial charge >= 0.3 is 0 Å². The lowest BCUT2D eigenvalue weighted by atomic mass is 10.1. The first-order chi connectivity index (χ1) is 10.2. The van der Waals surface area contributed by atoms with E-state index in [1.165, 1.54) is 6.07 Å². The Morgan fingerprint density at radius 1 is 1.19 bits per heavy atom. The molecule has 1 N–H and O–H groups in total. The molecule has 3 nitrogen and oxygen atoms in total. The third-order valence-electron chi connectivity index (χ3n) is 3.46. The molecule has 0 saturated carbocycles. The number of imidazole rings is 1. The molecule has 3 rings (SSSR count). The van der Waals surface area contributed by atoms with Gasteiger partial charge in [0.25, 0.3) is 0 Å². The van der Waals surface area contributed by atoms with Crippen molar-refractivity contribution in [2.75, 3.05) is 5.32 Å². The lowest BCUT2D eigenvalue weighted by Gasteiger charge is -2.13. The molecule has 106 valence electrons. The zero-order chi connectivity index (χ0) is 14.7. The fourth-order valence-corrected chi connectivity index (χ4v) is 2.30. The summed E-state index contributed by atoms with van der Waals surface area (Å²) in [5, 5.41) is 3.41. The molecule has 3 aromatic rings. The number of halogens is 1. The third-order valence-corrected chi connectivity index (χ3v) is 3.46. The van der Waals surface area contributed by atoms with Crippen LogP contribution in [0.2, 0.25) is 0 Å². The minimum Gasteiger partial charge on any atom is -0.379 e. The van der Waals surface area contributed by atoms with E-state index in [2.05, 4.69) is 10.3 Å². The normalized spacial score (nSPS) is 10.6. The SMILES string of the molecule is Cc1cc(F)ccc1CNc1ccccc1-n1ccnc1. The summed E-state index contributed by atoms with van der Waals surface area (Å²) < 4.78 is 15.1. The number of nitrogens with one attached hydrogen (secondary N) is 1. The summed E-state index contributed by atoms with van der Waals surface area (Å²) in [6.07, 6.45) is 5.42. The van der Waals surface area contributed by atoms with E-state index in [0.29, 0.717) is 6.54 Å². The lowest BCUT2D eigenvalue weighted by Crippen LogP contribution is -2.05. The van der Waals surface area contributed by atoms with Gasteiger partial charge in [0.05, 0.1) is 17.7 Å². The Kier molecular flexibility index (Phi) is 3.69. The maximum Gasteiger partial charge on any atom is 0.123 e. The van der Waals surface area contributed by atoms with Crippen molar-refractivity contribution in [2.45, 2.75) is 13.5 Å². The largest absolute Gasteiger partial charge is 0.379 e. The van der Waals surface area contributed by atoms with Crippen molar-refractivity contribution in [3.63, 3.8) is 0 Å². The van der Waals surface area contributed by atoms with Crippen molar-refractivity contribution in [2.24, 2.45) is 0 Å². The minimum atomic E-state index is -0.199. The van der Waals surface area contributed by atoms with Crippen LogP contribution in [0.3, 0.4) is 0 Å². The van der Waals surface area contributed by atoms with Crippen molar-refractivity contribution in [3.05, 3.63) is 78.1 Å². The van der Waals surface area contributed by atoms with Crippen molar-refractivity contribution < 1.29 is 4.39 Å². The highest BCUT2D eigenvalue weighted by atomic mass is 19.1. The van der Waals surface area contributed by atoms with Gasteiger partial charge in [-0.05, 0) is 42.3 Å². The van der Waals surface area contributed by atoms with E-state index in [-0.39, 0.29) is 5.82 Å². The van der Waals surface area contributed by atoms with E-state index < -0.39 is 0 Å². The van der Waals surface area contributed by atoms with Crippen LogP contribution in [0.1, 0.15) is 11.1 Å². The molecule has 0 radical (unpaired) electrons. The number of rotatable bonds is 4. The monoisotopic (exact) mass is 281 g/mol. The summed E-state index contributed by atoms with van der Waals surface area (Å²) >= 11 is 0. The van der Waals surface area contributed by atoms with Crippen LogP contribution in [0.25, 0.3) is 5.69 Å². The Labute approximate surface area is 123 Å². The zero-order valence-electron chi connectivity index (χ0n) is 11.8. The first-order valence-corrected chi connectivity index (χ1v) is 6.80. The first-order valence-electron chi connectivity index (χ1n) is 6.80. The highest BCUT2D eigenvalue weighted by molar-refractivity contribution is 5.61. The average Bonchev–Trinajstić information content (AvgIpc) is 3.01. The number of benzene rings is 2. The van der Waals surface area contributed by atoms with Gasteiger partial charge in [-0.25, -0.2) is 9.37 Å². The van der Waals surface area contributed by atoms with Gasteiger partial charge in [-0.3, -0.25) is 0 Å². The van der Waals surface area contributed by atoms with Gasteiger partial charge in [-0.1, -0.05) is 18.2 Å². The molecule has 2 aromatic carbocycles. The van der Waals surface area contributed by atoms with Gasteiger partial charge in [-0.2, -0.15) is 0 Å². The van der Waals surface area contributed by atoms with E-state index in [4.69, 9.17) is 0 Å². The number of aromatic nitrogens is 2. The Morgan fingerprint density at radius 3 is 2.81 bits per heavy atom. The highest BCUT2D eigenvalue weighted by Crippen LogP contribution is 2.21. The molecule has 4 heteroatoms. The standard InChI is InChI=1S/C17H16FN3/c1-13-10-15(18)7-6-14(13)11-20-16-4-2-3-5-17(16)21-9-8-19-12-21/h2-10,12,20H,11H2,1H3. The molecule has 1 aromatic heterocycles. The Balaban J connectivity index is 1.83. The maximum absolute atomic E-state index is 13.1. The molecular weight excluding hydrogens is 265 g/mol. The van der Waals surface area contributed by atoms with E-state index in [0.717, 1.165) is 22.5 Å². The third kappa shape index (κ3) is 2.94. The fourth-order valence-electron chi connectivity index (χ4n) is 2.30. The number of para-hydroxylation sites is 2. The van der Waals surface area contributed by atoms with Gasteiger partial charge in [-0.15, -0.1) is 0 Å². The van der Waals surface area contributed by atoms with E-state index in [9.17, 15) is 4.39 Å². The number of nitrogens with zero attached hydrogens (tertiary/aromatic N) is 2.